The third kappa shape index (κ3) is 15.6. The standard InChI is InChI=1S/C56H77Cl2N9O8/c1-30(36-13-17-40(57)18-14-36)62-51(72)43-21-34(28-66(43)53(74)47(55(5,6)7)64-49(70)32(3)60-11)23-45(68)38-25-39(27-42(59)26-38)46(69)24-35-22-44(52(73)63-31(2)37-15-19-41(58)20-16-37)67(29-35)54(75)48(56(8,9)10)65-50(71)33(4)61-12/h13-20,25-27,30-35,43-44,47-48,60-61H,21-24,28-29,59H2,1-12H3,(H,62,72)(H,63,73)(H,64,70)(H,65,71)/t30-,31-,32+,33+,34-,35-,43+,44+,47-,48-/m1/s1. The molecule has 2 aliphatic heterocycles. The molecule has 75 heavy (non-hydrogen) atoms. The van der Waals surface area contributed by atoms with Crippen LogP contribution in [0.25, 0.3) is 0 Å². The van der Waals surface area contributed by atoms with Crippen LogP contribution >= 0.6 is 23.2 Å². The first-order valence-electron chi connectivity index (χ1n) is 25.7. The van der Waals surface area contributed by atoms with Crippen molar-refractivity contribution in [2.75, 3.05) is 32.9 Å². The molecular formula is C56H77Cl2N9O8. The van der Waals surface area contributed by atoms with E-state index >= 15 is 0 Å². The summed E-state index contributed by atoms with van der Waals surface area (Å²) in [4.78, 5) is 116. The number of Topliss-reactive ketones (excluding diaryl/α,β-unsaturated/α-hetero) is 2. The minimum Gasteiger partial charge on any atom is -0.399 e. The van der Waals surface area contributed by atoms with E-state index in [4.69, 9.17) is 28.9 Å². The first-order chi connectivity index (χ1) is 35.0. The van der Waals surface area contributed by atoms with E-state index in [0.29, 0.717) is 10.0 Å². The van der Waals surface area contributed by atoms with E-state index in [1.54, 1.807) is 76.5 Å². The Balaban J connectivity index is 1.38. The lowest BCUT2D eigenvalue weighted by Gasteiger charge is -2.36. The molecule has 0 radical (unpaired) electrons. The smallest absolute Gasteiger partial charge is 0.246 e. The molecule has 10 atom stereocenters. The van der Waals surface area contributed by atoms with Crippen molar-refractivity contribution < 1.29 is 38.4 Å². The van der Waals surface area contributed by atoms with Crippen molar-refractivity contribution in [3.05, 3.63) is 99.0 Å². The second-order valence-corrected chi connectivity index (χ2v) is 23.4. The van der Waals surface area contributed by atoms with E-state index in [0.717, 1.165) is 11.1 Å². The lowest BCUT2D eigenvalue weighted by atomic mass is 9.85. The van der Waals surface area contributed by atoms with Gasteiger partial charge >= 0.3 is 0 Å². The van der Waals surface area contributed by atoms with Crippen LogP contribution in [-0.2, 0) is 28.8 Å². The van der Waals surface area contributed by atoms with E-state index < -0.39 is 94.6 Å². The predicted molar refractivity (Wildman–Crippen MR) is 292 cm³/mol. The number of ketones is 2. The Morgan fingerprint density at radius 1 is 0.560 bits per heavy atom. The van der Waals surface area contributed by atoms with E-state index in [1.165, 1.54) is 28.0 Å². The van der Waals surface area contributed by atoms with Gasteiger partial charge in [-0.15, -0.1) is 0 Å². The number of likely N-dealkylation sites (tertiary alicyclic amines) is 2. The topological polar surface area (TPSA) is 241 Å². The number of nitrogen functional groups attached to an aromatic ring is 1. The largest absolute Gasteiger partial charge is 0.399 e. The highest BCUT2D eigenvalue weighted by molar-refractivity contribution is 6.30. The van der Waals surface area contributed by atoms with Gasteiger partial charge in [-0.25, -0.2) is 0 Å². The molecule has 3 aromatic rings. The molecule has 2 fully saturated rings. The summed E-state index contributed by atoms with van der Waals surface area (Å²) >= 11 is 12.3. The molecule has 0 saturated carbocycles. The third-order valence-corrected chi connectivity index (χ3v) is 14.9. The molecule has 408 valence electrons. The molecule has 3 aromatic carbocycles. The maximum atomic E-state index is 14.6. The van der Waals surface area contributed by atoms with Crippen LogP contribution in [-0.4, -0.2) is 120 Å². The van der Waals surface area contributed by atoms with Gasteiger partial charge in [-0.3, -0.25) is 38.4 Å². The molecule has 19 heteroatoms. The summed E-state index contributed by atoms with van der Waals surface area (Å²) in [5.41, 5.74) is 6.94. The Labute approximate surface area is 451 Å². The third-order valence-electron chi connectivity index (χ3n) is 14.4. The number of hydrogen-bond acceptors (Lipinski definition) is 11. The molecule has 8 N–H and O–H groups in total. The summed E-state index contributed by atoms with van der Waals surface area (Å²) in [7, 11) is 3.27. The summed E-state index contributed by atoms with van der Waals surface area (Å²) in [6, 6.07) is 12.4. The SMILES string of the molecule is CN[C@@H](C)C(=O)N[C@H](C(=O)N1C[C@@H](CC(=O)c2cc(N)cc(C(=O)C[C@H]3C[C@@H](C(=O)N[C@H](C)c4ccc(Cl)cc4)N(C(=O)[C@@H](NC(=O)[C@H](C)NC)C(C)(C)C)C3)c2)C[C@H]1C(=O)N[C@H](C)c1ccc(Cl)cc1)C(C)(C)C. The molecule has 0 aromatic heterocycles. The maximum absolute atomic E-state index is 14.6. The molecular weight excluding hydrogens is 998 g/mol. The van der Waals surface area contributed by atoms with Crippen LogP contribution in [0.5, 0.6) is 0 Å². The predicted octanol–water partition coefficient (Wildman–Crippen LogP) is 6.19. The first-order valence-corrected chi connectivity index (χ1v) is 26.4. The minimum absolute atomic E-state index is 0.0362. The van der Waals surface area contributed by atoms with Gasteiger partial charge in [0.1, 0.15) is 24.2 Å². The zero-order chi connectivity index (χ0) is 55.9. The van der Waals surface area contributed by atoms with E-state index in [9.17, 15) is 38.4 Å². The van der Waals surface area contributed by atoms with E-state index in [1.807, 2.05) is 55.4 Å². The van der Waals surface area contributed by atoms with Crippen LogP contribution in [0.1, 0.15) is 139 Å². The fourth-order valence-electron chi connectivity index (χ4n) is 9.57. The van der Waals surface area contributed by atoms with Gasteiger partial charge in [-0.05, 0) is 131 Å². The van der Waals surface area contributed by atoms with Gasteiger partial charge in [-0.2, -0.15) is 0 Å². The summed E-state index contributed by atoms with van der Waals surface area (Å²) in [6.45, 7) is 18.0. The lowest BCUT2D eigenvalue weighted by molar-refractivity contribution is -0.144. The Bertz CT molecular complexity index is 2410. The monoisotopic (exact) mass is 1070 g/mol. The van der Waals surface area contributed by atoms with Crippen LogP contribution < -0.4 is 37.6 Å². The average molecular weight is 1080 g/mol. The zero-order valence-electron chi connectivity index (χ0n) is 45.4. The van der Waals surface area contributed by atoms with Crippen molar-refractivity contribution >= 4 is 75.9 Å². The van der Waals surface area contributed by atoms with Gasteiger partial charge in [-0.1, -0.05) is 89.0 Å². The molecule has 0 aliphatic carbocycles. The van der Waals surface area contributed by atoms with Crippen molar-refractivity contribution in [3.63, 3.8) is 0 Å². The number of carbonyl (C=O) groups is 8. The Hall–Kier alpha value is -5.88. The number of nitrogens with two attached hydrogens (primary N) is 1. The van der Waals surface area contributed by atoms with Crippen LogP contribution in [0.15, 0.2) is 66.7 Å². The summed E-state index contributed by atoms with van der Waals surface area (Å²) in [5.74, 6) is -4.27. The number of halogens is 2. The van der Waals surface area contributed by atoms with Crippen LogP contribution in [0, 0.1) is 22.7 Å². The Morgan fingerprint density at radius 3 is 1.20 bits per heavy atom. The summed E-state index contributed by atoms with van der Waals surface area (Å²) in [6.07, 6.45) is 0.0934. The van der Waals surface area contributed by atoms with Gasteiger partial charge in [0, 0.05) is 52.8 Å². The molecule has 5 rings (SSSR count). The van der Waals surface area contributed by atoms with Crippen molar-refractivity contribution in [1.82, 2.24) is 41.7 Å². The number of nitrogens with zero attached hydrogens (tertiary/aromatic N) is 2. The van der Waals surface area contributed by atoms with E-state index in [2.05, 4.69) is 31.9 Å². The Morgan fingerprint density at radius 2 is 0.893 bits per heavy atom. The van der Waals surface area contributed by atoms with Crippen molar-refractivity contribution in [2.24, 2.45) is 22.7 Å². The quantitative estimate of drug-likeness (QED) is 0.0498. The Kier molecular flexibility index (Phi) is 20.2. The lowest BCUT2D eigenvalue weighted by Crippen LogP contribution is -2.59. The highest BCUT2D eigenvalue weighted by Gasteiger charge is 2.47. The van der Waals surface area contributed by atoms with Gasteiger partial charge < -0.3 is 47.4 Å². The summed E-state index contributed by atoms with van der Waals surface area (Å²) < 4.78 is 0. The molecule has 0 bridgehead atoms. The van der Waals surface area contributed by atoms with Gasteiger partial charge in [0.15, 0.2) is 11.6 Å². The molecule has 6 amide bonds. The van der Waals surface area contributed by atoms with Crippen LogP contribution in [0.2, 0.25) is 10.0 Å². The molecule has 0 spiro atoms. The van der Waals surface area contributed by atoms with Crippen molar-refractivity contribution in [1.29, 1.82) is 0 Å². The van der Waals surface area contributed by atoms with Gasteiger partial charge in [0.05, 0.1) is 24.2 Å². The molecule has 0 unspecified atom stereocenters. The summed E-state index contributed by atoms with van der Waals surface area (Å²) in [5, 5.41) is 18.7. The van der Waals surface area contributed by atoms with Crippen LogP contribution in [0.4, 0.5) is 5.69 Å². The van der Waals surface area contributed by atoms with Crippen molar-refractivity contribution in [3.8, 4) is 0 Å². The number of benzene rings is 3. The molecule has 2 saturated heterocycles. The second-order valence-electron chi connectivity index (χ2n) is 22.5. The fourth-order valence-corrected chi connectivity index (χ4v) is 9.83. The number of carbonyl (C=O) groups excluding carboxylic acids is 8. The normalized spacial score (nSPS) is 20.2. The minimum atomic E-state index is -1.01. The molecule has 2 heterocycles. The highest BCUT2D eigenvalue weighted by Crippen LogP contribution is 2.35. The van der Waals surface area contributed by atoms with Crippen LogP contribution in [0.3, 0.4) is 0 Å². The van der Waals surface area contributed by atoms with Gasteiger partial charge in [0.25, 0.3) is 0 Å². The maximum Gasteiger partial charge on any atom is 0.246 e. The highest BCUT2D eigenvalue weighted by atomic mass is 35.5. The number of anilines is 1. The number of rotatable bonds is 20. The number of nitrogens with one attached hydrogen (secondary N) is 6. The van der Waals surface area contributed by atoms with Gasteiger partial charge in [0.2, 0.25) is 35.4 Å². The van der Waals surface area contributed by atoms with Crippen molar-refractivity contribution in [2.45, 2.75) is 143 Å². The average Bonchev–Trinajstić information content (AvgIpc) is 3.98. The number of likely N-dealkylation sites (N-methyl/N-ethyl adjacent to an activating group) is 2. The number of hydrogen-bond donors (Lipinski definition) is 7. The molecule has 2 aliphatic rings. The zero-order valence-corrected chi connectivity index (χ0v) is 46.9. The number of amides is 6. The van der Waals surface area contributed by atoms with E-state index in [-0.39, 0.29) is 79.0 Å². The molecule has 17 nitrogen and oxygen atoms in total. The first kappa shape index (κ1) is 60.0. The second kappa shape index (κ2) is 25.3. The fraction of sp³-hybridized carbons (Fsp3) is 0.536.